The fourth-order valence-corrected chi connectivity index (χ4v) is 2.34. The summed E-state index contributed by atoms with van der Waals surface area (Å²) in [6.07, 6.45) is 4.21. The lowest BCUT2D eigenvalue weighted by Crippen LogP contribution is -2.32. The predicted octanol–water partition coefficient (Wildman–Crippen LogP) is 1.95. The molecule has 2 aromatic rings. The molecule has 1 amide bonds. The smallest absolute Gasteiger partial charge is 0.413 e. The molecule has 1 aliphatic rings. The molecule has 2 heterocycles. The van der Waals surface area contributed by atoms with Crippen molar-refractivity contribution in [1.29, 1.82) is 0 Å². The van der Waals surface area contributed by atoms with Gasteiger partial charge in [0.25, 0.3) is 0 Å². The molecule has 0 unspecified atom stereocenters. The fraction of sp³-hybridized carbons (Fsp3) is 0.273. The largest absolute Gasteiger partial charge is 0.465 e. The Morgan fingerprint density at radius 1 is 1.58 bits per heavy atom. The number of nitrogens with zero attached hydrogens (tertiary/aromatic N) is 4. The second-order valence-corrected chi connectivity index (χ2v) is 5.08. The van der Waals surface area contributed by atoms with Crippen LogP contribution in [-0.4, -0.2) is 37.9 Å². The van der Waals surface area contributed by atoms with Gasteiger partial charge in [-0.3, -0.25) is 14.1 Å². The number of rotatable bonds is 3. The molecular weight excluding hydrogens is 316 g/mol. The van der Waals surface area contributed by atoms with E-state index in [0.29, 0.717) is 22.2 Å². The van der Waals surface area contributed by atoms with Crippen LogP contribution >= 0.6 is 15.9 Å². The molecule has 0 aliphatic heterocycles. The summed E-state index contributed by atoms with van der Waals surface area (Å²) < 4.78 is 1.97. The van der Waals surface area contributed by atoms with E-state index in [1.807, 2.05) is 0 Å². The first-order valence-corrected chi connectivity index (χ1v) is 6.42. The summed E-state index contributed by atoms with van der Waals surface area (Å²) in [6, 6.07) is -0.0560. The number of carbonyl (C=O) groups is 2. The Labute approximate surface area is 116 Å². The van der Waals surface area contributed by atoms with Gasteiger partial charge in [0.05, 0.1) is 6.20 Å². The van der Waals surface area contributed by atoms with Gasteiger partial charge in [0.15, 0.2) is 17.8 Å². The highest BCUT2D eigenvalue weighted by Gasteiger charge is 2.36. The minimum absolute atomic E-state index is 0.0560. The number of carboxylic acid groups (broad SMARTS) is 1. The lowest BCUT2D eigenvalue weighted by atomic mass is 10.4. The minimum atomic E-state index is -1.06. The minimum Gasteiger partial charge on any atom is -0.465 e. The number of hydrogen-bond acceptors (Lipinski definition) is 4. The standard InChI is InChI=1S/C11H9BrN4O3/c12-8-4-15-7(5-17)3-13-9(15)10(14-8)16(11(18)19)6-1-2-6/h3-6H,1-2H2,(H,18,19). The molecule has 0 spiro atoms. The topological polar surface area (TPSA) is 87.8 Å². The normalized spacial score (nSPS) is 14.6. The summed E-state index contributed by atoms with van der Waals surface area (Å²) in [6.45, 7) is 0. The van der Waals surface area contributed by atoms with E-state index >= 15 is 0 Å². The van der Waals surface area contributed by atoms with Crippen molar-refractivity contribution in [2.24, 2.45) is 0 Å². The molecule has 7 nitrogen and oxygen atoms in total. The Bertz CT molecular complexity index is 680. The molecule has 0 saturated heterocycles. The van der Waals surface area contributed by atoms with Crippen LogP contribution in [0.1, 0.15) is 23.3 Å². The van der Waals surface area contributed by atoms with Crippen LogP contribution in [0.4, 0.5) is 10.6 Å². The Hall–Kier alpha value is -1.96. The van der Waals surface area contributed by atoms with Gasteiger partial charge in [-0.25, -0.2) is 14.8 Å². The maximum atomic E-state index is 11.4. The van der Waals surface area contributed by atoms with Crippen LogP contribution in [0.15, 0.2) is 17.0 Å². The highest BCUT2D eigenvalue weighted by Crippen LogP contribution is 2.33. The number of aldehydes is 1. The lowest BCUT2D eigenvalue weighted by molar-refractivity contribution is 0.111. The van der Waals surface area contributed by atoms with Crippen molar-refractivity contribution < 1.29 is 14.7 Å². The van der Waals surface area contributed by atoms with Crippen molar-refractivity contribution in [1.82, 2.24) is 14.4 Å². The zero-order valence-corrected chi connectivity index (χ0v) is 11.2. The summed E-state index contributed by atoms with van der Waals surface area (Å²) in [5.74, 6) is 0.248. The van der Waals surface area contributed by atoms with E-state index in [4.69, 9.17) is 0 Å². The van der Waals surface area contributed by atoms with Crippen LogP contribution in [0.5, 0.6) is 0 Å². The van der Waals surface area contributed by atoms with Crippen molar-refractivity contribution >= 4 is 39.8 Å². The first-order valence-electron chi connectivity index (χ1n) is 5.62. The van der Waals surface area contributed by atoms with Gasteiger partial charge in [-0.2, -0.15) is 0 Å². The van der Waals surface area contributed by atoms with Gasteiger partial charge in [0, 0.05) is 12.2 Å². The van der Waals surface area contributed by atoms with Gasteiger partial charge in [0.1, 0.15) is 10.3 Å². The monoisotopic (exact) mass is 324 g/mol. The van der Waals surface area contributed by atoms with E-state index in [0.717, 1.165) is 12.8 Å². The molecule has 0 bridgehead atoms. The fourth-order valence-electron chi connectivity index (χ4n) is 1.96. The Kier molecular flexibility index (Phi) is 2.74. The van der Waals surface area contributed by atoms with E-state index in [9.17, 15) is 14.7 Å². The average molecular weight is 325 g/mol. The molecule has 1 fully saturated rings. The summed E-state index contributed by atoms with van der Waals surface area (Å²) in [7, 11) is 0. The second-order valence-electron chi connectivity index (χ2n) is 4.27. The molecule has 1 saturated carbocycles. The molecule has 98 valence electrons. The molecule has 3 rings (SSSR count). The molecular formula is C11H9BrN4O3. The summed E-state index contributed by atoms with van der Waals surface area (Å²) in [4.78, 5) is 31.8. The van der Waals surface area contributed by atoms with Crippen molar-refractivity contribution in [3.05, 3.63) is 22.7 Å². The van der Waals surface area contributed by atoms with Gasteiger partial charge < -0.3 is 5.11 Å². The van der Waals surface area contributed by atoms with Crippen molar-refractivity contribution in [2.75, 3.05) is 4.90 Å². The number of anilines is 1. The van der Waals surface area contributed by atoms with Crippen molar-refractivity contribution in [3.8, 4) is 0 Å². The predicted molar refractivity (Wildman–Crippen MR) is 69.6 cm³/mol. The van der Waals surface area contributed by atoms with Crippen LogP contribution in [-0.2, 0) is 0 Å². The number of fused-ring (bicyclic) bond motifs is 1. The van der Waals surface area contributed by atoms with E-state index in [-0.39, 0.29) is 11.9 Å². The summed E-state index contributed by atoms with van der Waals surface area (Å²) >= 11 is 3.22. The first-order chi connectivity index (χ1) is 9.11. The Morgan fingerprint density at radius 3 is 2.89 bits per heavy atom. The summed E-state index contributed by atoms with van der Waals surface area (Å²) in [5, 5.41) is 9.32. The van der Waals surface area contributed by atoms with Gasteiger partial charge in [-0.05, 0) is 28.8 Å². The zero-order valence-electron chi connectivity index (χ0n) is 9.65. The molecule has 19 heavy (non-hydrogen) atoms. The maximum Gasteiger partial charge on any atom is 0.413 e. The van der Waals surface area contributed by atoms with E-state index in [1.165, 1.54) is 15.5 Å². The molecule has 1 aliphatic carbocycles. The van der Waals surface area contributed by atoms with Crippen LogP contribution in [0, 0.1) is 0 Å². The molecule has 0 aromatic carbocycles. The average Bonchev–Trinajstić information content (AvgIpc) is 3.08. The first kappa shape index (κ1) is 12.1. The van der Waals surface area contributed by atoms with E-state index < -0.39 is 6.09 Å². The van der Waals surface area contributed by atoms with Crippen molar-refractivity contribution in [2.45, 2.75) is 18.9 Å². The number of amides is 1. The number of aromatic nitrogens is 3. The SMILES string of the molecule is O=Cc1cnc2c(N(C(=O)O)C3CC3)nc(Br)cn12. The molecule has 1 N–H and O–H groups in total. The molecule has 0 radical (unpaired) electrons. The quantitative estimate of drug-likeness (QED) is 0.872. The Balaban J connectivity index is 2.24. The highest BCUT2D eigenvalue weighted by atomic mass is 79.9. The van der Waals surface area contributed by atoms with Gasteiger partial charge in [-0.1, -0.05) is 0 Å². The third-order valence-corrected chi connectivity index (χ3v) is 3.32. The third-order valence-electron chi connectivity index (χ3n) is 2.94. The van der Waals surface area contributed by atoms with Gasteiger partial charge >= 0.3 is 6.09 Å². The number of imidazole rings is 1. The number of hydrogen-bond donors (Lipinski definition) is 1. The van der Waals surface area contributed by atoms with Crippen LogP contribution in [0.2, 0.25) is 0 Å². The van der Waals surface area contributed by atoms with Gasteiger partial charge in [0.2, 0.25) is 0 Å². The highest BCUT2D eigenvalue weighted by molar-refractivity contribution is 9.10. The van der Waals surface area contributed by atoms with Crippen molar-refractivity contribution in [3.63, 3.8) is 0 Å². The maximum absolute atomic E-state index is 11.4. The van der Waals surface area contributed by atoms with Gasteiger partial charge in [-0.15, -0.1) is 0 Å². The van der Waals surface area contributed by atoms with Crippen LogP contribution in [0.25, 0.3) is 5.65 Å². The number of halogens is 1. The lowest BCUT2D eigenvalue weighted by Gasteiger charge is -2.18. The van der Waals surface area contributed by atoms with Crippen LogP contribution in [0.3, 0.4) is 0 Å². The Morgan fingerprint density at radius 2 is 2.32 bits per heavy atom. The zero-order chi connectivity index (χ0) is 13.6. The molecule has 2 aromatic heterocycles. The van der Waals surface area contributed by atoms with Crippen LogP contribution < -0.4 is 4.90 Å². The van der Waals surface area contributed by atoms with E-state index in [2.05, 4.69) is 25.9 Å². The van der Waals surface area contributed by atoms with E-state index in [1.54, 1.807) is 6.20 Å². The second kappa shape index (κ2) is 4.30. The molecule has 0 atom stereocenters. The molecule has 8 heteroatoms. The number of carbonyl (C=O) groups excluding carboxylic acids is 1. The third kappa shape index (κ3) is 1.97. The summed E-state index contributed by atoms with van der Waals surface area (Å²) in [5.41, 5.74) is 0.708.